The van der Waals surface area contributed by atoms with Crippen molar-refractivity contribution in [3.05, 3.63) is 47.3 Å². The normalized spacial score (nSPS) is 11.2. The second-order valence-corrected chi connectivity index (χ2v) is 6.56. The topological polar surface area (TPSA) is 66.9 Å². The van der Waals surface area contributed by atoms with E-state index < -0.39 is 0 Å². The summed E-state index contributed by atoms with van der Waals surface area (Å²) in [7, 11) is 0. The number of aryl methyl sites for hydroxylation is 2. The van der Waals surface area contributed by atoms with E-state index in [-0.39, 0.29) is 11.4 Å². The molecule has 0 aliphatic carbocycles. The summed E-state index contributed by atoms with van der Waals surface area (Å²) >= 11 is 0. The number of carbonyl (C=O) groups is 1. The van der Waals surface area contributed by atoms with Gasteiger partial charge in [-0.05, 0) is 51.3 Å². The van der Waals surface area contributed by atoms with Gasteiger partial charge in [-0.2, -0.15) is 0 Å². The molecule has 0 bridgehead atoms. The SMILES string of the molecule is CCc1cccc(C)c1NC(=O)c1ccnc(NC(C)(C)C)n1. The molecule has 0 unspecified atom stereocenters. The molecule has 23 heavy (non-hydrogen) atoms. The van der Waals surface area contributed by atoms with Crippen molar-refractivity contribution in [3.63, 3.8) is 0 Å². The van der Waals surface area contributed by atoms with Gasteiger partial charge in [0.25, 0.3) is 5.91 Å². The number of para-hydroxylation sites is 1. The van der Waals surface area contributed by atoms with E-state index in [2.05, 4.69) is 27.5 Å². The van der Waals surface area contributed by atoms with Crippen molar-refractivity contribution in [2.24, 2.45) is 0 Å². The van der Waals surface area contributed by atoms with Gasteiger partial charge in [0.15, 0.2) is 0 Å². The Kier molecular flexibility index (Phi) is 4.98. The number of benzene rings is 1. The summed E-state index contributed by atoms with van der Waals surface area (Å²) in [5.74, 6) is 0.221. The minimum atomic E-state index is -0.228. The fraction of sp³-hybridized carbons (Fsp3) is 0.389. The summed E-state index contributed by atoms with van der Waals surface area (Å²) in [4.78, 5) is 21.0. The van der Waals surface area contributed by atoms with Crippen LogP contribution in [0.1, 0.15) is 49.3 Å². The lowest BCUT2D eigenvalue weighted by Crippen LogP contribution is -2.28. The molecule has 0 saturated heterocycles. The smallest absolute Gasteiger partial charge is 0.274 e. The van der Waals surface area contributed by atoms with Gasteiger partial charge >= 0.3 is 0 Å². The number of hydrogen-bond donors (Lipinski definition) is 2. The first-order valence-corrected chi connectivity index (χ1v) is 7.81. The number of amides is 1. The summed E-state index contributed by atoms with van der Waals surface area (Å²) in [6.07, 6.45) is 2.45. The van der Waals surface area contributed by atoms with Crippen LogP contribution in [0, 0.1) is 6.92 Å². The summed E-state index contributed by atoms with van der Waals surface area (Å²) in [5.41, 5.74) is 3.20. The van der Waals surface area contributed by atoms with Gasteiger partial charge in [0, 0.05) is 17.4 Å². The minimum absolute atomic E-state index is 0.166. The maximum Gasteiger partial charge on any atom is 0.274 e. The first kappa shape index (κ1) is 16.9. The molecule has 0 fully saturated rings. The Hall–Kier alpha value is -2.43. The van der Waals surface area contributed by atoms with E-state index in [1.165, 1.54) is 0 Å². The van der Waals surface area contributed by atoms with Gasteiger partial charge in [0.1, 0.15) is 5.69 Å². The highest BCUT2D eigenvalue weighted by atomic mass is 16.1. The predicted octanol–water partition coefficient (Wildman–Crippen LogP) is 3.81. The molecule has 1 heterocycles. The lowest BCUT2D eigenvalue weighted by Gasteiger charge is -2.20. The van der Waals surface area contributed by atoms with E-state index in [1.807, 2.05) is 45.9 Å². The molecule has 5 nitrogen and oxygen atoms in total. The van der Waals surface area contributed by atoms with E-state index in [0.29, 0.717) is 11.6 Å². The third kappa shape index (κ3) is 4.52. The Labute approximate surface area is 137 Å². The lowest BCUT2D eigenvalue weighted by atomic mass is 10.1. The quantitative estimate of drug-likeness (QED) is 0.901. The van der Waals surface area contributed by atoms with Crippen molar-refractivity contribution in [1.29, 1.82) is 0 Å². The standard InChI is InChI=1S/C18H24N4O/c1-6-13-9-7-8-12(2)15(13)21-16(23)14-10-11-19-17(20-14)22-18(3,4)5/h7-11H,6H2,1-5H3,(H,21,23)(H,19,20,22). The van der Waals surface area contributed by atoms with Gasteiger partial charge in [0.05, 0.1) is 0 Å². The van der Waals surface area contributed by atoms with E-state index in [9.17, 15) is 4.79 Å². The highest BCUT2D eigenvalue weighted by Gasteiger charge is 2.15. The van der Waals surface area contributed by atoms with Crippen LogP contribution in [0.3, 0.4) is 0 Å². The summed E-state index contributed by atoms with van der Waals surface area (Å²) in [6.45, 7) is 10.1. The van der Waals surface area contributed by atoms with E-state index in [1.54, 1.807) is 12.3 Å². The third-order valence-corrected chi connectivity index (χ3v) is 3.35. The second kappa shape index (κ2) is 6.77. The summed E-state index contributed by atoms with van der Waals surface area (Å²) in [5, 5.41) is 6.15. The van der Waals surface area contributed by atoms with Gasteiger partial charge in [-0.1, -0.05) is 25.1 Å². The average molecular weight is 312 g/mol. The van der Waals surface area contributed by atoms with Crippen LogP contribution in [0.4, 0.5) is 11.6 Å². The molecule has 122 valence electrons. The number of aromatic nitrogens is 2. The van der Waals surface area contributed by atoms with Crippen LogP contribution in [0.15, 0.2) is 30.5 Å². The molecule has 0 radical (unpaired) electrons. The minimum Gasteiger partial charge on any atom is -0.350 e. The van der Waals surface area contributed by atoms with Crippen LogP contribution >= 0.6 is 0 Å². The van der Waals surface area contributed by atoms with Crippen LogP contribution in [-0.2, 0) is 6.42 Å². The molecule has 2 rings (SSSR count). The fourth-order valence-electron chi connectivity index (χ4n) is 2.26. The van der Waals surface area contributed by atoms with Gasteiger partial charge < -0.3 is 10.6 Å². The van der Waals surface area contributed by atoms with Crippen molar-refractivity contribution in [3.8, 4) is 0 Å². The monoisotopic (exact) mass is 312 g/mol. The van der Waals surface area contributed by atoms with Gasteiger partial charge in [-0.3, -0.25) is 4.79 Å². The highest BCUT2D eigenvalue weighted by molar-refractivity contribution is 6.03. The fourth-order valence-corrected chi connectivity index (χ4v) is 2.26. The number of rotatable bonds is 4. The van der Waals surface area contributed by atoms with Gasteiger partial charge in [0.2, 0.25) is 5.95 Å². The molecule has 5 heteroatoms. The van der Waals surface area contributed by atoms with E-state index >= 15 is 0 Å². The third-order valence-electron chi connectivity index (χ3n) is 3.35. The zero-order valence-corrected chi connectivity index (χ0v) is 14.4. The molecule has 0 aliphatic rings. The first-order chi connectivity index (χ1) is 10.8. The van der Waals surface area contributed by atoms with Crippen molar-refractivity contribution in [1.82, 2.24) is 9.97 Å². The molecular weight excluding hydrogens is 288 g/mol. The largest absolute Gasteiger partial charge is 0.350 e. The number of carbonyl (C=O) groups excluding carboxylic acids is 1. The number of hydrogen-bond acceptors (Lipinski definition) is 4. The zero-order chi connectivity index (χ0) is 17.0. The highest BCUT2D eigenvalue weighted by Crippen LogP contribution is 2.21. The maximum absolute atomic E-state index is 12.5. The number of nitrogens with one attached hydrogen (secondary N) is 2. The van der Waals surface area contributed by atoms with Gasteiger partial charge in [-0.25, -0.2) is 9.97 Å². The molecule has 0 saturated carbocycles. The molecule has 2 aromatic rings. The van der Waals surface area contributed by atoms with Crippen LogP contribution in [0.25, 0.3) is 0 Å². The van der Waals surface area contributed by atoms with Crippen molar-refractivity contribution < 1.29 is 4.79 Å². The molecule has 0 atom stereocenters. The summed E-state index contributed by atoms with van der Waals surface area (Å²) < 4.78 is 0. The maximum atomic E-state index is 12.5. The average Bonchev–Trinajstić information content (AvgIpc) is 2.47. The van der Waals surface area contributed by atoms with E-state index in [0.717, 1.165) is 23.2 Å². The van der Waals surface area contributed by atoms with Crippen molar-refractivity contribution >= 4 is 17.5 Å². The van der Waals surface area contributed by atoms with Crippen molar-refractivity contribution in [2.45, 2.75) is 46.6 Å². The molecule has 1 aromatic heterocycles. The van der Waals surface area contributed by atoms with Crippen LogP contribution < -0.4 is 10.6 Å². The van der Waals surface area contributed by atoms with Crippen LogP contribution in [-0.4, -0.2) is 21.4 Å². The zero-order valence-electron chi connectivity index (χ0n) is 14.4. The predicted molar refractivity (Wildman–Crippen MR) is 93.9 cm³/mol. The summed E-state index contributed by atoms with van der Waals surface area (Å²) in [6, 6.07) is 7.63. The molecular formula is C18H24N4O. The Balaban J connectivity index is 2.24. The Bertz CT molecular complexity index is 704. The Morgan fingerprint density at radius 3 is 2.61 bits per heavy atom. The van der Waals surface area contributed by atoms with Crippen molar-refractivity contribution in [2.75, 3.05) is 10.6 Å². The molecule has 1 amide bonds. The first-order valence-electron chi connectivity index (χ1n) is 7.81. The Morgan fingerprint density at radius 1 is 1.22 bits per heavy atom. The molecule has 1 aromatic carbocycles. The molecule has 2 N–H and O–H groups in total. The molecule has 0 spiro atoms. The van der Waals surface area contributed by atoms with E-state index in [4.69, 9.17) is 0 Å². The van der Waals surface area contributed by atoms with Crippen LogP contribution in [0.5, 0.6) is 0 Å². The van der Waals surface area contributed by atoms with Crippen LogP contribution in [0.2, 0.25) is 0 Å². The molecule has 0 aliphatic heterocycles. The Morgan fingerprint density at radius 2 is 1.96 bits per heavy atom. The number of anilines is 2. The van der Waals surface area contributed by atoms with Gasteiger partial charge in [-0.15, -0.1) is 0 Å². The lowest BCUT2D eigenvalue weighted by molar-refractivity contribution is 0.102. The number of nitrogens with zero attached hydrogens (tertiary/aromatic N) is 2. The second-order valence-electron chi connectivity index (χ2n) is 6.56.